The van der Waals surface area contributed by atoms with Crippen molar-refractivity contribution < 1.29 is 9.26 Å². The van der Waals surface area contributed by atoms with Gasteiger partial charge in [0.25, 0.3) is 0 Å². The Kier molecular flexibility index (Phi) is 3.24. The lowest BCUT2D eigenvalue weighted by Gasteiger charge is -2.11. The molecule has 0 radical (unpaired) electrons. The van der Waals surface area contributed by atoms with Gasteiger partial charge in [0.2, 0.25) is 5.88 Å². The number of nitrogens with zero attached hydrogens (tertiary/aromatic N) is 1. The minimum absolute atomic E-state index is 0.264. The molecule has 0 aliphatic carbocycles. The SMILES string of the molecule is CCOc1c(C)cc(Cl)cc1-c1cc(N)on1. The van der Waals surface area contributed by atoms with Crippen LogP contribution in [0, 0.1) is 6.92 Å². The number of benzene rings is 1. The monoisotopic (exact) mass is 252 g/mol. The van der Waals surface area contributed by atoms with Crippen molar-refractivity contribution in [2.75, 3.05) is 12.3 Å². The maximum atomic E-state index is 6.03. The van der Waals surface area contributed by atoms with Gasteiger partial charge in [-0.2, -0.15) is 0 Å². The molecule has 1 aromatic carbocycles. The molecule has 0 saturated heterocycles. The number of rotatable bonds is 3. The summed E-state index contributed by atoms with van der Waals surface area (Å²) in [5.41, 5.74) is 7.88. The van der Waals surface area contributed by atoms with E-state index in [0.717, 1.165) is 16.9 Å². The lowest BCUT2D eigenvalue weighted by molar-refractivity contribution is 0.339. The summed E-state index contributed by atoms with van der Waals surface area (Å²) in [6.45, 7) is 4.43. The first-order valence-corrected chi connectivity index (χ1v) is 5.65. The van der Waals surface area contributed by atoms with E-state index >= 15 is 0 Å². The molecule has 0 spiro atoms. The first-order valence-electron chi connectivity index (χ1n) is 5.27. The average molecular weight is 253 g/mol. The van der Waals surface area contributed by atoms with Crippen LogP contribution in [0.1, 0.15) is 12.5 Å². The molecule has 90 valence electrons. The Hall–Kier alpha value is -1.68. The van der Waals surface area contributed by atoms with Gasteiger partial charge in [0, 0.05) is 16.7 Å². The molecule has 1 aromatic heterocycles. The molecule has 0 atom stereocenters. The van der Waals surface area contributed by atoms with Crippen molar-refractivity contribution in [3.05, 3.63) is 28.8 Å². The summed E-state index contributed by atoms with van der Waals surface area (Å²) in [4.78, 5) is 0. The second kappa shape index (κ2) is 4.67. The highest BCUT2D eigenvalue weighted by molar-refractivity contribution is 6.31. The zero-order valence-corrected chi connectivity index (χ0v) is 10.4. The predicted molar refractivity (Wildman–Crippen MR) is 67.3 cm³/mol. The number of anilines is 1. The lowest BCUT2D eigenvalue weighted by Crippen LogP contribution is -1.97. The van der Waals surface area contributed by atoms with Crippen LogP contribution in [-0.2, 0) is 0 Å². The van der Waals surface area contributed by atoms with Gasteiger partial charge in [0.15, 0.2) is 0 Å². The molecular formula is C12H13ClN2O2. The van der Waals surface area contributed by atoms with E-state index in [1.165, 1.54) is 0 Å². The van der Waals surface area contributed by atoms with Crippen molar-refractivity contribution in [1.29, 1.82) is 0 Å². The Morgan fingerprint density at radius 3 is 2.76 bits per heavy atom. The molecule has 2 aromatic rings. The molecular weight excluding hydrogens is 240 g/mol. The summed E-state index contributed by atoms with van der Waals surface area (Å²) in [5.74, 6) is 1.02. The maximum Gasteiger partial charge on any atom is 0.222 e. The highest BCUT2D eigenvalue weighted by Crippen LogP contribution is 2.35. The van der Waals surface area contributed by atoms with Crippen molar-refractivity contribution >= 4 is 17.5 Å². The molecule has 0 bridgehead atoms. The third-order valence-corrected chi connectivity index (χ3v) is 2.55. The quantitative estimate of drug-likeness (QED) is 0.911. The van der Waals surface area contributed by atoms with E-state index in [9.17, 15) is 0 Å². The van der Waals surface area contributed by atoms with Crippen LogP contribution >= 0.6 is 11.6 Å². The Bertz CT molecular complexity index is 537. The van der Waals surface area contributed by atoms with Gasteiger partial charge in [-0.15, -0.1) is 0 Å². The molecule has 4 nitrogen and oxygen atoms in total. The fourth-order valence-corrected chi connectivity index (χ4v) is 1.95. The molecule has 1 heterocycles. The third kappa shape index (κ3) is 2.36. The zero-order chi connectivity index (χ0) is 12.4. The molecule has 0 aliphatic heterocycles. The van der Waals surface area contributed by atoms with Crippen LogP contribution in [0.2, 0.25) is 5.02 Å². The van der Waals surface area contributed by atoms with Crippen molar-refractivity contribution in [2.45, 2.75) is 13.8 Å². The summed E-state index contributed by atoms with van der Waals surface area (Å²) in [7, 11) is 0. The molecule has 2 rings (SSSR count). The largest absolute Gasteiger partial charge is 0.493 e. The van der Waals surface area contributed by atoms with Gasteiger partial charge < -0.3 is 15.0 Å². The van der Waals surface area contributed by atoms with Crippen LogP contribution in [0.4, 0.5) is 5.88 Å². The van der Waals surface area contributed by atoms with Gasteiger partial charge in [-0.1, -0.05) is 16.8 Å². The van der Waals surface area contributed by atoms with E-state index in [-0.39, 0.29) is 5.88 Å². The van der Waals surface area contributed by atoms with E-state index in [2.05, 4.69) is 5.16 Å². The number of nitrogens with two attached hydrogens (primary N) is 1. The van der Waals surface area contributed by atoms with E-state index in [0.29, 0.717) is 17.3 Å². The molecule has 0 fully saturated rings. The average Bonchev–Trinajstić information content (AvgIpc) is 2.68. The Balaban J connectivity index is 2.58. The maximum absolute atomic E-state index is 6.03. The number of halogens is 1. The Labute approximate surface area is 104 Å². The number of nitrogen functional groups attached to an aromatic ring is 1. The smallest absolute Gasteiger partial charge is 0.222 e. The van der Waals surface area contributed by atoms with Gasteiger partial charge in [-0.25, -0.2) is 0 Å². The highest BCUT2D eigenvalue weighted by atomic mass is 35.5. The molecule has 0 amide bonds. The zero-order valence-electron chi connectivity index (χ0n) is 9.66. The van der Waals surface area contributed by atoms with Gasteiger partial charge in [0.1, 0.15) is 11.4 Å². The van der Waals surface area contributed by atoms with Crippen molar-refractivity contribution in [3.8, 4) is 17.0 Å². The molecule has 5 heteroatoms. The lowest BCUT2D eigenvalue weighted by atomic mass is 10.1. The van der Waals surface area contributed by atoms with E-state index in [1.54, 1.807) is 12.1 Å². The summed E-state index contributed by atoms with van der Waals surface area (Å²) in [6.07, 6.45) is 0. The molecule has 2 N–H and O–H groups in total. The van der Waals surface area contributed by atoms with Crippen LogP contribution in [-0.4, -0.2) is 11.8 Å². The predicted octanol–water partition coefficient (Wildman–Crippen LogP) is 3.28. The first kappa shape index (κ1) is 11.8. The number of aromatic nitrogens is 1. The van der Waals surface area contributed by atoms with Crippen LogP contribution in [0.15, 0.2) is 22.7 Å². The summed E-state index contributed by atoms with van der Waals surface area (Å²) < 4.78 is 10.5. The van der Waals surface area contributed by atoms with Crippen molar-refractivity contribution in [3.63, 3.8) is 0 Å². The van der Waals surface area contributed by atoms with Crippen molar-refractivity contribution in [2.24, 2.45) is 0 Å². The molecule has 17 heavy (non-hydrogen) atoms. The second-order valence-corrected chi connectivity index (χ2v) is 4.08. The minimum atomic E-state index is 0.264. The fraction of sp³-hybridized carbons (Fsp3) is 0.250. The molecule has 0 saturated carbocycles. The van der Waals surface area contributed by atoms with E-state index in [1.807, 2.05) is 19.9 Å². The number of hydrogen-bond acceptors (Lipinski definition) is 4. The standard InChI is InChI=1S/C12H13ClN2O2/c1-3-16-12-7(2)4-8(13)5-9(12)10-6-11(14)17-15-10/h4-6H,3,14H2,1-2H3. The molecule has 0 unspecified atom stereocenters. The summed E-state index contributed by atoms with van der Waals surface area (Å²) >= 11 is 6.03. The van der Waals surface area contributed by atoms with Crippen LogP contribution in [0.3, 0.4) is 0 Å². The van der Waals surface area contributed by atoms with Gasteiger partial charge in [-0.3, -0.25) is 0 Å². The Morgan fingerprint density at radius 2 is 2.18 bits per heavy atom. The third-order valence-electron chi connectivity index (χ3n) is 2.33. The second-order valence-electron chi connectivity index (χ2n) is 3.65. The van der Waals surface area contributed by atoms with Crippen LogP contribution in [0.25, 0.3) is 11.3 Å². The van der Waals surface area contributed by atoms with E-state index in [4.69, 9.17) is 26.6 Å². The number of ether oxygens (including phenoxy) is 1. The van der Waals surface area contributed by atoms with E-state index < -0.39 is 0 Å². The minimum Gasteiger partial charge on any atom is -0.493 e. The number of aryl methyl sites for hydroxylation is 1. The van der Waals surface area contributed by atoms with Crippen LogP contribution < -0.4 is 10.5 Å². The Morgan fingerprint density at radius 1 is 1.41 bits per heavy atom. The van der Waals surface area contributed by atoms with Gasteiger partial charge in [-0.05, 0) is 31.5 Å². The highest BCUT2D eigenvalue weighted by Gasteiger charge is 2.14. The summed E-state index contributed by atoms with van der Waals surface area (Å²) in [6, 6.07) is 5.28. The topological polar surface area (TPSA) is 61.3 Å². The van der Waals surface area contributed by atoms with Gasteiger partial charge >= 0.3 is 0 Å². The van der Waals surface area contributed by atoms with Crippen LogP contribution in [0.5, 0.6) is 5.75 Å². The normalized spacial score (nSPS) is 10.5. The van der Waals surface area contributed by atoms with Gasteiger partial charge in [0.05, 0.1) is 6.61 Å². The fourth-order valence-electron chi connectivity index (χ4n) is 1.67. The summed E-state index contributed by atoms with van der Waals surface area (Å²) in [5, 5.41) is 4.50. The molecule has 0 aliphatic rings. The first-order chi connectivity index (χ1) is 8.11. The van der Waals surface area contributed by atoms with Crippen molar-refractivity contribution in [1.82, 2.24) is 5.16 Å². The number of hydrogen-bond donors (Lipinski definition) is 1.